The predicted octanol–water partition coefficient (Wildman–Crippen LogP) is 5.64. The minimum atomic E-state index is -4.79. The SMILES string of the molecule is COc1cccc(C2CC(=O)Nc3n[nH]cc32)c1Oc1ccc(C(F)(F)F)cc1C(F)F. The van der Waals surface area contributed by atoms with E-state index in [0.717, 1.165) is 6.07 Å². The van der Waals surface area contributed by atoms with E-state index in [2.05, 4.69) is 15.5 Å². The molecule has 1 amide bonds. The van der Waals surface area contributed by atoms with Crippen molar-refractivity contribution in [2.45, 2.75) is 24.9 Å². The number of carbonyl (C=O) groups excluding carboxylic acids is 1. The van der Waals surface area contributed by atoms with Crippen LogP contribution in [0.25, 0.3) is 0 Å². The van der Waals surface area contributed by atoms with Crippen LogP contribution in [0.5, 0.6) is 17.2 Å². The first-order valence-electron chi connectivity index (χ1n) is 9.36. The first-order valence-corrected chi connectivity index (χ1v) is 9.36. The van der Waals surface area contributed by atoms with E-state index in [4.69, 9.17) is 9.47 Å². The molecule has 32 heavy (non-hydrogen) atoms. The highest BCUT2D eigenvalue weighted by atomic mass is 19.4. The van der Waals surface area contributed by atoms with Gasteiger partial charge in [0.25, 0.3) is 6.43 Å². The molecule has 3 aromatic rings. The number of fused-ring (bicyclic) bond motifs is 1. The summed E-state index contributed by atoms with van der Waals surface area (Å²) in [6.07, 6.45) is -6.40. The van der Waals surface area contributed by atoms with Crippen molar-refractivity contribution in [3.8, 4) is 17.2 Å². The van der Waals surface area contributed by atoms with Crippen LogP contribution in [0.15, 0.2) is 42.6 Å². The standard InChI is InChI=1S/C21H16F5N3O3/c1-31-16-4-2-3-11(12-8-17(30)28-20-14(12)9-27-29-20)18(16)32-15-6-5-10(21(24,25)26)7-13(15)19(22)23/h2-7,9,12,19H,8H2,1H3,(H2,27,28,29,30). The van der Waals surface area contributed by atoms with Crippen LogP contribution in [0, 0.1) is 0 Å². The van der Waals surface area contributed by atoms with Crippen molar-refractivity contribution in [2.24, 2.45) is 0 Å². The molecule has 0 saturated carbocycles. The minimum absolute atomic E-state index is 0.0171. The molecule has 0 fully saturated rings. The molecule has 1 unspecified atom stereocenters. The van der Waals surface area contributed by atoms with Crippen molar-refractivity contribution in [3.05, 3.63) is 64.8 Å². The molecule has 6 nitrogen and oxygen atoms in total. The van der Waals surface area contributed by atoms with Gasteiger partial charge in [-0.2, -0.15) is 18.3 Å². The Morgan fingerprint density at radius 3 is 2.59 bits per heavy atom. The summed E-state index contributed by atoms with van der Waals surface area (Å²) in [6.45, 7) is 0. The lowest BCUT2D eigenvalue weighted by atomic mass is 9.86. The average Bonchev–Trinajstić information content (AvgIpc) is 3.21. The molecule has 0 saturated heterocycles. The maximum atomic E-state index is 13.6. The molecule has 0 bridgehead atoms. The van der Waals surface area contributed by atoms with Gasteiger partial charge in [-0.15, -0.1) is 0 Å². The third kappa shape index (κ3) is 3.97. The zero-order valence-corrected chi connectivity index (χ0v) is 16.5. The summed E-state index contributed by atoms with van der Waals surface area (Å²) in [5.74, 6) is -0.811. The Kier molecular flexibility index (Phi) is 5.49. The molecule has 11 heteroatoms. The van der Waals surface area contributed by atoms with Gasteiger partial charge in [-0.1, -0.05) is 12.1 Å². The summed E-state index contributed by atoms with van der Waals surface area (Å²) in [5, 5.41) is 9.26. The second kappa shape index (κ2) is 8.13. The largest absolute Gasteiger partial charge is 0.493 e. The van der Waals surface area contributed by atoms with Crippen molar-refractivity contribution < 1.29 is 36.2 Å². The molecule has 0 aliphatic carbocycles. The molecule has 2 heterocycles. The van der Waals surface area contributed by atoms with Crippen LogP contribution in [0.4, 0.5) is 27.8 Å². The highest BCUT2D eigenvalue weighted by molar-refractivity contribution is 5.94. The van der Waals surface area contributed by atoms with Gasteiger partial charge in [0, 0.05) is 29.7 Å². The Labute approximate surface area is 178 Å². The van der Waals surface area contributed by atoms with Crippen LogP contribution < -0.4 is 14.8 Å². The molecule has 4 rings (SSSR count). The third-order valence-electron chi connectivity index (χ3n) is 5.08. The van der Waals surface area contributed by atoms with E-state index < -0.39 is 35.4 Å². The number of alkyl halides is 5. The van der Waals surface area contributed by atoms with E-state index in [1.165, 1.54) is 13.2 Å². The van der Waals surface area contributed by atoms with Crippen molar-refractivity contribution in [3.63, 3.8) is 0 Å². The van der Waals surface area contributed by atoms with Crippen LogP contribution in [0.2, 0.25) is 0 Å². The number of nitrogens with one attached hydrogen (secondary N) is 2. The minimum Gasteiger partial charge on any atom is -0.493 e. The number of rotatable bonds is 5. The maximum Gasteiger partial charge on any atom is 0.416 e. The zero-order valence-electron chi connectivity index (χ0n) is 16.5. The number of carbonyl (C=O) groups is 1. The monoisotopic (exact) mass is 453 g/mol. The molecule has 1 aliphatic heterocycles. The Hall–Kier alpha value is -3.63. The summed E-state index contributed by atoms with van der Waals surface area (Å²) in [4.78, 5) is 12.2. The number of para-hydroxylation sites is 1. The number of ether oxygens (including phenoxy) is 2. The fourth-order valence-electron chi connectivity index (χ4n) is 3.60. The summed E-state index contributed by atoms with van der Waals surface area (Å²) >= 11 is 0. The third-order valence-corrected chi connectivity index (χ3v) is 5.08. The molecule has 1 aromatic heterocycles. The number of H-pyrrole nitrogens is 1. The van der Waals surface area contributed by atoms with Gasteiger partial charge in [0.15, 0.2) is 17.3 Å². The normalized spacial score (nSPS) is 16.0. The Morgan fingerprint density at radius 1 is 1.12 bits per heavy atom. The summed E-state index contributed by atoms with van der Waals surface area (Å²) < 4.78 is 77.3. The number of halogens is 5. The fraction of sp³-hybridized carbons (Fsp3) is 0.238. The van der Waals surface area contributed by atoms with Gasteiger partial charge in [0.1, 0.15) is 5.75 Å². The van der Waals surface area contributed by atoms with Crippen LogP contribution >= 0.6 is 0 Å². The highest BCUT2D eigenvalue weighted by Gasteiger charge is 2.34. The number of benzene rings is 2. The van der Waals surface area contributed by atoms with Crippen molar-refractivity contribution in [1.29, 1.82) is 0 Å². The average molecular weight is 453 g/mol. The molecule has 1 atom stereocenters. The lowest BCUT2D eigenvalue weighted by Gasteiger charge is -2.25. The molecule has 2 N–H and O–H groups in total. The van der Waals surface area contributed by atoms with Gasteiger partial charge >= 0.3 is 6.18 Å². The van der Waals surface area contributed by atoms with E-state index in [1.807, 2.05) is 0 Å². The molecule has 0 radical (unpaired) electrons. The van der Waals surface area contributed by atoms with Crippen LogP contribution in [-0.4, -0.2) is 23.2 Å². The van der Waals surface area contributed by atoms with Gasteiger partial charge < -0.3 is 14.8 Å². The van der Waals surface area contributed by atoms with Crippen LogP contribution in [0.1, 0.15) is 41.0 Å². The molecule has 1 aliphatic rings. The zero-order chi connectivity index (χ0) is 23.0. The van der Waals surface area contributed by atoms with E-state index in [0.29, 0.717) is 29.1 Å². The molecular weight excluding hydrogens is 437 g/mol. The topological polar surface area (TPSA) is 76.2 Å². The van der Waals surface area contributed by atoms with Gasteiger partial charge in [0.2, 0.25) is 5.91 Å². The number of hydrogen-bond acceptors (Lipinski definition) is 4. The molecule has 168 valence electrons. The number of aromatic amines is 1. The number of aromatic nitrogens is 2. The fourth-order valence-corrected chi connectivity index (χ4v) is 3.60. The van der Waals surface area contributed by atoms with Gasteiger partial charge in [-0.05, 0) is 24.3 Å². The van der Waals surface area contributed by atoms with Crippen molar-refractivity contribution >= 4 is 11.7 Å². The van der Waals surface area contributed by atoms with Gasteiger partial charge in [0.05, 0.1) is 18.2 Å². The molecule has 2 aromatic carbocycles. The quantitative estimate of drug-likeness (QED) is 0.490. The molecule has 0 spiro atoms. The number of methoxy groups -OCH3 is 1. The maximum absolute atomic E-state index is 13.6. The second-order valence-corrected chi connectivity index (χ2v) is 7.03. The van der Waals surface area contributed by atoms with Crippen molar-refractivity contribution in [2.75, 3.05) is 12.4 Å². The van der Waals surface area contributed by atoms with Gasteiger partial charge in [-0.25, -0.2) is 8.78 Å². The lowest BCUT2D eigenvalue weighted by molar-refractivity contribution is -0.137. The summed E-state index contributed by atoms with van der Waals surface area (Å²) in [7, 11) is 1.34. The van der Waals surface area contributed by atoms with Crippen molar-refractivity contribution in [1.82, 2.24) is 10.2 Å². The number of amides is 1. The lowest BCUT2D eigenvalue weighted by Crippen LogP contribution is -2.23. The summed E-state index contributed by atoms with van der Waals surface area (Å²) in [6, 6.07) is 6.65. The van der Waals surface area contributed by atoms with E-state index in [1.54, 1.807) is 18.3 Å². The smallest absolute Gasteiger partial charge is 0.416 e. The van der Waals surface area contributed by atoms with Crippen LogP contribution in [-0.2, 0) is 11.0 Å². The Balaban J connectivity index is 1.82. The van der Waals surface area contributed by atoms with E-state index in [9.17, 15) is 26.7 Å². The highest BCUT2D eigenvalue weighted by Crippen LogP contribution is 2.46. The van der Waals surface area contributed by atoms with Crippen LogP contribution in [0.3, 0.4) is 0 Å². The second-order valence-electron chi connectivity index (χ2n) is 7.03. The van der Waals surface area contributed by atoms with Gasteiger partial charge in [-0.3, -0.25) is 9.89 Å². The Morgan fingerprint density at radius 2 is 1.91 bits per heavy atom. The number of hydrogen-bond donors (Lipinski definition) is 2. The number of anilines is 1. The summed E-state index contributed by atoms with van der Waals surface area (Å²) in [5.41, 5.74) is -1.05. The Bertz CT molecular complexity index is 1160. The predicted molar refractivity (Wildman–Crippen MR) is 103 cm³/mol. The molecular formula is C21H16F5N3O3. The number of nitrogens with zero attached hydrogens (tertiary/aromatic N) is 1. The first kappa shape index (κ1) is 21.6. The first-order chi connectivity index (χ1) is 15.2. The van der Waals surface area contributed by atoms with E-state index >= 15 is 0 Å². The van der Waals surface area contributed by atoms with E-state index in [-0.39, 0.29) is 23.8 Å².